The van der Waals surface area contributed by atoms with Crippen LogP contribution in [0, 0.1) is 0 Å². The van der Waals surface area contributed by atoms with Crippen LogP contribution in [0.4, 0.5) is 0 Å². The SMILES string of the molecule is O=C(Br)c1ccc(Cl)cc1C(=O)Br. The minimum Gasteiger partial charge on any atom is -0.281 e. The molecule has 2 nitrogen and oxygen atoms in total. The second-order valence-electron chi connectivity index (χ2n) is 2.24. The quantitative estimate of drug-likeness (QED) is 0.781. The van der Waals surface area contributed by atoms with Crippen molar-refractivity contribution < 1.29 is 9.59 Å². The average molecular weight is 326 g/mol. The molecule has 0 atom stereocenters. The fraction of sp³-hybridized carbons (Fsp3) is 0. The van der Waals surface area contributed by atoms with Crippen LogP contribution in [-0.2, 0) is 0 Å². The van der Waals surface area contributed by atoms with E-state index in [2.05, 4.69) is 31.9 Å². The molecule has 0 saturated carbocycles. The Morgan fingerprint density at radius 2 is 1.62 bits per heavy atom. The van der Waals surface area contributed by atoms with Crippen molar-refractivity contribution in [3.8, 4) is 0 Å². The number of hydrogen-bond acceptors (Lipinski definition) is 2. The smallest absolute Gasteiger partial charge is 0.228 e. The zero-order valence-corrected chi connectivity index (χ0v) is 10.1. The van der Waals surface area contributed by atoms with Gasteiger partial charge in [0.05, 0.1) is 0 Å². The molecule has 1 aromatic rings. The van der Waals surface area contributed by atoms with Crippen LogP contribution < -0.4 is 0 Å². The maximum Gasteiger partial charge on any atom is 0.228 e. The third-order valence-corrected chi connectivity index (χ3v) is 2.49. The lowest BCUT2D eigenvalue weighted by atomic mass is 10.1. The van der Waals surface area contributed by atoms with Crippen molar-refractivity contribution in [2.75, 3.05) is 0 Å². The average Bonchev–Trinajstić information content (AvgIpc) is 2.03. The summed E-state index contributed by atoms with van der Waals surface area (Å²) >= 11 is 11.2. The van der Waals surface area contributed by atoms with Gasteiger partial charge in [-0.1, -0.05) is 11.6 Å². The minimum atomic E-state index is -0.363. The van der Waals surface area contributed by atoms with E-state index < -0.39 is 0 Å². The summed E-state index contributed by atoms with van der Waals surface area (Å²) in [6.45, 7) is 0. The van der Waals surface area contributed by atoms with E-state index in [0.29, 0.717) is 10.6 Å². The number of carbonyl (C=O) groups excluding carboxylic acids is 2. The summed E-state index contributed by atoms with van der Waals surface area (Å²) in [5.74, 6) is 0. The standard InChI is InChI=1S/C8H3Br2ClO2/c9-7(12)5-2-1-4(11)3-6(5)8(10)13/h1-3H. The van der Waals surface area contributed by atoms with Crippen LogP contribution in [0.15, 0.2) is 18.2 Å². The highest BCUT2D eigenvalue weighted by atomic mass is 79.9. The van der Waals surface area contributed by atoms with Crippen LogP contribution in [-0.4, -0.2) is 9.39 Å². The molecule has 0 saturated heterocycles. The molecular weight excluding hydrogens is 323 g/mol. The molecule has 0 aliphatic rings. The Bertz CT molecular complexity index is 376. The second-order valence-corrected chi connectivity index (χ2v) is 4.11. The van der Waals surface area contributed by atoms with Crippen molar-refractivity contribution in [2.45, 2.75) is 0 Å². The molecule has 1 rings (SSSR count). The zero-order valence-electron chi connectivity index (χ0n) is 6.18. The summed E-state index contributed by atoms with van der Waals surface area (Å²) < 4.78 is -0.704. The maximum absolute atomic E-state index is 11.0. The molecule has 0 heterocycles. The van der Waals surface area contributed by atoms with Crippen molar-refractivity contribution in [1.82, 2.24) is 0 Å². The van der Waals surface area contributed by atoms with Crippen molar-refractivity contribution >= 4 is 52.8 Å². The van der Waals surface area contributed by atoms with Gasteiger partial charge in [0.2, 0.25) is 9.39 Å². The molecule has 5 heteroatoms. The van der Waals surface area contributed by atoms with Crippen LogP contribution in [0.1, 0.15) is 20.7 Å². The fourth-order valence-electron chi connectivity index (χ4n) is 0.850. The molecule has 0 aromatic heterocycles. The second kappa shape index (κ2) is 4.35. The van der Waals surface area contributed by atoms with Crippen LogP contribution in [0.3, 0.4) is 0 Å². The highest BCUT2D eigenvalue weighted by molar-refractivity contribution is 9.18. The first-order chi connectivity index (χ1) is 6.02. The molecular formula is C8H3Br2ClO2. The van der Waals surface area contributed by atoms with Crippen molar-refractivity contribution in [2.24, 2.45) is 0 Å². The van der Waals surface area contributed by atoms with Crippen LogP contribution in [0.2, 0.25) is 5.02 Å². The maximum atomic E-state index is 11.0. The summed E-state index contributed by atoms with van der Waals surface area (Å²) in [7, 11) is 0. The van der Waals surface area contributed by atoms with E-state index in [1.807, 2.05) is 0 Å². The fourth-order valence-corrected chi connectivity index (χ4v) is 1.70. The summed E-state index contributed by atoms with van der Waals surface area (Å²) in [5.41, 5.74) is 0.556. The van der Waals surface area contributed by atoms with Crippen molar-refractivity contribution in [1.29, 1.82) is 0 Å². The molecule has 0 aliphatic carbocycles. The van der Waals surface area contributed by atoms with Gasteiger partial charge in [0.1, 0.15) is 0 Å². The van der Waals surface area contributed by atoms with E-state index >= 15 is 0 Å². The molecule has 0 N–H and O–H groups in total. The summed E-state index contributed by atoms with van der Waals surface area (Å²) in [5, 5.41) is 0.417. The number of rotatable bonds is 2. The lowest BCUT2D eigenvalue weighted by molar-refractivity contribution is 0.106. The Balaban J connectivity index is 3.35. The van der Waals surface area contributed by atoms with Gasteiger partial charge in [0.15, 0.2) is 0 Å². The van der Waals surface area contributed by atoms with Crippen LogP contribution in [0.5, 0.6) is 0 Å². The van der Waals surface area contributed by atoms with Gasteiger partial charge in [-0.2, -0.15) is 0 Å². The molecule has 0 aliphatic heterocycles. The molecule has 0 fully saturated rings. The first kappa shape index (κ1) is 10.9. The lowest BCUT2D eigenvalue weighted by Gasteiger charge is -2.01. The summed E-state index contributed by atoms with van der Waals surface area (Å²) in [4.78, 5) is 22.0. The van der Waals surface area contributed by atoms with Gasteiger partial charge >= 0.3 is 0 Å². The third-order valence-electron chi connectivity index (χ3n) is 1.41. The summed E-state index contributed by atoms with van der Waals surface area (Å²) in [6, 6.07) is 4.48. The number of halogens is 3. The Hall–Kier alpha value is -0.190. The van der Waals surface area contributed by atoms with E-state index in [4.69, 9.17) is 11.6 Å². The van der Waals surface area contributed by atoms with Gasteiger partial charge in [-0.25, -0.2) is 0 Å². The lowest BCUT2D eigenvalue weighted by Crippen LogP contribution is -1.99. The van der Waals surface area contributed by atoms with Crippen LogP contribution >= 0.6 is 43.5 Å². The Morgan fingerprint density at radius 1 is 1.08 bits per heavy atom. The van der Waals surface area contributed by atoms with Crippen molar-refractivity contribution in [3.05, 3.63) is 34.3 Å². The highest BCUT2D eigenvalue weighted by Crippen LogP contribution is 2.20. The van der Waals surface area contributed by atoms with Gasteiger partial charge in [0, 0.05) is 16.1 Å². The third kappa shape index (κ3) is 2.62. The van der Waals surface area contributed by atoms with E-state index in [-0.39, 0.29) is 14.9 Å². The molecule has 0 unspecified atom stereocenters. The number of carbonyl (C=O) groups is 2. The molecule has 68 valence electrons. The van der Waals surface area contributed by atoms with Gasteiger partial charge in [-0.05, 0) is 50.1 Å². The Labute approximate surface area is 96.5 Å². The molecule has 0 radical (unpaired) electrons. The number of benzene rings is 1. The Morgan fingerprint density at radius 3 is 2.08 bits per heavy atom. The largest absolute Gasteiger partial charge is 0.281 e. The first-order valence-corrected chi connectivity index (χ1v) is 5.18. The highest BCUT2D eigenvalue weighted by Gasteiger charge is 2.13. The predicted octanol–water partition coefficient (Wildman–Crippen LogP) is 3.41. The van der Waals surface area contributed by atoms with Gasteiger partial charge < -0.3 is 0 Å². The zero-order chi connectivity index (χ0) is 10.0. The van der Waals surface area contributed by atoms with Gasteiger partial charge in [-0.3, -0.25) is 9.59 Å². The van der Waals surface area contributed by atoms with E-state index in [9.17, 15) is 9.59 Å². The first-order valence-electron chi connectivity index (χ1n) is 3.21. The molecule has 1 aromatic carbocycles. The molecule has 0 spiro atoms. The van der Waals surface area contributed by atoms with E-state index in [1.165, 1.54) is 12.1 Å². The van der Waals surface area contributed by atoms with Gasteiger partial charge in [0.25, 0.3) is 0 Å². The van der Waals surface area contributed by atoms with Crippen LogP contribution in [0.25, 0.3) is 0 Å². The molecule has 13 heavy (non-hydrogen) atoms. The van der Waals surface area contributed by atoms with Crippen molar-refractivity contribution in [3.63, 3.8) is 0 Å². The van der Waals surface area contributed by atoms with E-state index in [0.717, 1.165) is 0 Å². The molecule has 0 bridgehead atoms. The monoisotopic (exact) mass is 324 g/mol. The topological polar surface area (TPSA) is 34.1 Å². The normalized spacial score (nSPS) is 9.77. The molecule has 0 amide bonds. The van der Waals surface area contributed by atoms with E-state index in [1.54, 1.807) is 6.07 Å². The minimum absolute atomic E-state index is 0.259. The Kier molecular flexibility index (Phi) is 3.64. The predicted molar refractivity (Wildman–Crippen MR) is 58.0 cm³/mol. The van der Waals surface area contributed by atoms with Gasteiger partial charge in [-0.15, -0.1) is 0 Å². The number of hydrogen-bond donors (Lipinski definition) is 0. The summed E-state index contributed by atoms with van der Waals surface area (Å²) in [6.07, 6.45) is 0.